The highest BCUT2D eigenvalue weighted by Crippen LogP contribution is 2.36. The van der Waals surface area contributed by atoms with E-state index >= 15 is 0 Å². The van der Waals surface area contributed by atoms with Crippen LogP contribution in [-0.2, 0) is 13.6 Å². The molecule has 0 amide bonds. The number of rotatable bonds is 7. The highest BCUT2D eigenvalue weighted by atomic mass is 19.1. The molecule has 7 nitrogen and oxygen atoms in total. The van der Waals surface area contributed by atoms with Gasteiger partial charge in [0.25, 0.3) is 0 Å². The second-order valence-corrected chi connectivity index (χ2v) is 9.21. The molecule has 36 heavy (non-hydrogen) atoms. The predicted octanol–water partition coefficient (Wildman–Crippen LogP) is 5.75. The maximum Gasteiger partial charge on any atom is 0.227 e. The van der Waals surface area contributed by atoms with Crippen molar-refractivity contribution in [1.29, 1.82) is 0 Å². The molecule has 0 aliphatic heterocycles. The highest BCUT2D eigenvalue weighted by molar-refractivity contribution is 5.85. The van der Waals surface area contributed by atoms with E-state index in [0.717, 1.165) is 34.3 Å². The van der Waals surface area contributed by atoms with Crippen molar-refractivity contribution in [3.05, 3.63) is 72.3 Å². The minimum atomic E-state index is -0.332. The number of oxazole rings is 1. The second kappa shape index (κ2) is 9.20. The normalized spacial score (nSPS) is 13.8. The first-order chi connectivity index (χ1) is 17.6. The lowest BCUT2D eigenvalue weighted by Gasteiger charge is -2.26. The van der Waals surface area contributed by atoms with Crippen LogP contribution >= 0.6 is 0 Å². The maximum absolute atomic E-state index is 14.2. The summed E-state index contributed by atoms with van der Waals surface area (Å²) >= 11 is 0. The van der Waals surface area contributed by atoms with Crippen LogP contribution in [0.3, 0.4) is 0 Å². The van der Waals surface area contributed by atoms with Crippen LogP contribution in [0.15, 0.2) is 65.3 Å². The van der Waals surface area contributed by atoms with Crippen LogP contribution in [-0.4, -0.2) is 32.9 Å². The van der Waals surface area contributed by atoms with E-state index in [4.69, 9.17) is 14.1 Å². The largest absolute Gasteiger partial charge is 0.493 e. The first-order valence-corrected chi connectivity index (χ1v) is 12.0. The second-order valence-electron chi connectivity index (χ2n) is 9.21. The fourth-order valence-electron chi connectivity index (χ4n) is 4.61. The van der Waals surface area contributed by atoms with Crippen LogP contribution in [0.4, 0.5) is 4.39 Å². The minimum Gasteiger partial charge on any atom is -0.493 e. The Hall–Kier alpha value is -4.04. The van der Waals surface area contributed by atoms with Crippen molar-refractivity contribution < 1.29 is 13.5 Å². The van der Waals surface area contributed by atoms with Crippen molar-refractivity contribution in [3.8, 4) is 39.7 Å². The number of halogens is 1. The fraction of sp³-hybridized carbons (Fsp3) is 0.250. The summed E-state index contributed by atoms with van der Waals surface area (Å²) in [4.78, 5) is 4.79. The van der Waals surface area contributed by atoms with Gasteiger partial charge in [0, 0.05) is 30.8 Å². The lowest BCUT2D eigenvalue weighted by atomic mass is 9.93. The van der Waals surface area contributed by atoms with Gasteiger partial charge < -0.3 is 19.0 Å². The molecular weight excluding hydrogens is 457 g/mol. The smallest absolute Gasteiger partial charge is 0.227 e. The summed E-state index contributed by atoms with van der Waals surface area (Å²) in [6.45, 7) is 0.768. The van der Waals surface area contributed by atoms with Crippen molar-refractivity contribution in [2.24, 2.45) is 7.05 Å². The Balaban J connectivity index is 1.38. The first-order valence-electron chi connectivity index (χ1n) is 12.0. The number of ether oxygens (including phenoxy) is 1. The Kier molecular flexibility index (Phi) is 5.73. The molecule has 1 saturated carbocycles. The number of fused-ring (bicyclic) bond motifs is 1. The van der Waals surface area contributed by atoms with E-state index in [2.05, 4.69) is 15.5 Å². The number of hydrogen-bond donors (Lipinski definition) is 1. The minimum absolute atomic E-state index is 0.332. The Morgan fingerprint density at radius 3 is 2.69 bits per heavy atom. The number of benzene rings is 3. The molecule has 0 radical (unpaired) electrons. The van der Waals surface area contributed by atoms with Gasteiger partial charge in [0.15, 0.2) is 17.2 Å². The van der Waals surface area contributed by atoms with Gasteiger partial charge in [0.1, 0.15) is 17.7 Å². The first kappa shape index (κ1) is 22.4. The maximum atomic E-state index is 14.2. The van der Waals surface area contributed by atoms with E-state index in [-0.39, 0.29) is 5.82 Å². The molecule has 5 aromatic rings. The molecule has 6 rings (SSSR count). The summed E-state index contributed by atoms with van der Waals surface area (Å²) < 4.78 is 27.7. The van der Waals surface area contributed by atoms with Gasteiger partial charge in [-0.15, -0.1) is 10.2 Å². The molecule has 1 aliphatic rings. The SMILES string of the molecule is COc1cc(CNC2CCC2)cc2nc(-c3cccc(-c4ccc(F)cc4-c4nncn4C)c3)oc12. The Morgan fingerprint density at radius 2 is 1.94 bits per heavy atom. The van der Waals surface area contributed by atoms with Crippen LogP contribution in [0.1, 0.15) is 24.8 Å². The van der Waals surface area contributed by atoms with Gasteiger partial charge in [-0.3, -0.25) is 0 Å². The van der Waals surface area contributed by atoms with Crippen molar-refractivity contribution >= 4 is 11.1 Å². The number of hydrogen-bond acceptors (Lipinski definition) is 6. The number of aromatic nitrogens is 4. The predicted molar refractivity (Wildman–Crippen MR) is 136 cm³/mol. The molecule has 1 aliphatic carbocycles. The van der Waals surface area contributed by atoms with E-state index in [1.54, 1.807) is 24.1 Å². The number of methoxy groups -OCH3 is 1. The molecule has 0 saturated heterocycles. The van der Waals surface area contributed by atoms with E-state index in [9.17, 15) is 4.39 Å². The summed E-state index contributed by atoms with van der Waals surface area (Å²) in [5.74, 6) is 1.42. The molecule has 0 atom stereocenters. The molecule has 1 N–H and O–H groups in total. The molecule has 0 spiro atoms. The Morgan fingerprint density at radius 1 is 1.08 bits per heavy atom. The van der Waals surface area contributed by atoms with Gasteiger partial charge in [-0.1, -0.05) is 24.6 Å². The van der Waals surface area contributed by atoms with Crippen LogP contribution in [0.5, 0.6) is 5.75 Å². The van der Waals surface area contributed by atoms with Gasteiger partial charge >= 0.3 is 0 Å². The van der Waals surface area contributed by atoms with Gasteiger partial charge in [0.05, 0.1) is 7.11 Å². The van der Waals surface area contributed by atoms with Crippen molar-refractivity contribution in [1.82, 2.24) is 25.1 Å². The number of aryl methyl sites for hydroxylation is 1. The monoisotopic (exact) mass is 483 g/mol. The third-order valence-electron chi connectivity index (χ3n) is 6.79. The molecular formula is C28H26FN5O2. The molecule has 0 bridgehead atoms. The molecule has 0 unspecified atom stereocenters. The van der Waals surface area contributed by atoms with E-state index < -0.39 is 0 Å². The average molecular weight is 484 g/mol. The standard InChI is InChI=1S/C28H26FN5O2/c1-34-16-31-33-27(34)23-14-20(29)9-10-22(23)18-5-3-6-19(13-18)28-32-24-11-17(15-30-21-7-4-8-21)12-25(35-2)26(24)36-28/h3,5-6,9-14,16,21,30H,4,7-8,15H2,1-2H3. The molecule has 1 fully saturated rings. The molecule has 8 heteroatoms. The zero-order valence-electron chi connectivity index (χ0n) is 20.2. The zero-order valence-corrected chi connectivity index (χ0v) is 20.2. The van der Waals surface area contributed by atoms with Crippen molar-refractivity contribution in [2.45, 2.75) is 31.8 Å². The van der Waals surface area contributed by atoms with Gasteiger partial charge in [0.2, 0.25) is 5.89 Å². The summed E-state index contributed by atoms with van der Waals surface area (Å²) in [7, 11) is 3.48. The molecule has 3 aromatic carbocycles. The summed E-state index contributed by atoms with van der Waals surface area (Å²) in [6.07, 6.45) is 5.36. The highest BCUT2D eigenvalue weighted by Gasteiger charge is 2.19. The van der Waals surface area contributed by atoms with Crippen LogP contribution < -0.4 is 10.1 Å². The van der Waals surface area contributed by atoms with Crippen LogP contribution in [0.25, 0.3) is 45.1 Å². The lowest BCUT2D eigenvalue weighted by molar-refractivity contribution is 0.338. The topological polar surface area (TPSA) is 78.0 Å². The average Bonchev–Trinajstić information content (AvgIpc) is 3.49. The summed E-state index contributed by atoms with van der Waals surface area (Å²) in [5, 5.41) is 11.7. The Bertz CT molecular complexity index is 1550. The molecule has 2 aromatic heterocycles. The van der Waals surface area contributed by atoms with E-state index in [1.807, 2.05) is 43.4 Å². The number of nitrogens with zero attached hydrogens (tertiary/aromatic N) is 4. The Labute approximate surface area is 208 Å². The number of nitrogens with one attached hydrogen (secondary N) is 1. The van der Waals surface area contributed by atoms with Crippen molar-refractivity contribution in [2.75, 3.05) is 7.11 Å². The third kappa shape index (κ3) is 4.13. The molecule has 2 heterocycles. The van der Waals surface area contributed by atoms with Gasteiger partial charge in [-0.05, 0) is 65.9 Å². The fourth-order valence-corrected chi connectivity index (χ4v) is 4.61. The quantitative estimate of drug-likeness (QED) is 0.318. The van der Waals surface area contributed by atoms with Gasteiger partial charge in [-0.2, -0.15) is 0 Å². The molecule has 182 valence electrons. The van der Waals surface area contributed by atoms with Crippen LogP contribution in [0.2, 0.25) is 0 Å². The third-order valence-corrected chi connectivity index (χ3v) is 6.79. The summed E-state index contributed by atoms with van der Waals surface area (Å²) in [5.41, 5.74) is 5.69. The van der Waals surface area contributed by atoms with E-state index in [1.165, 1.54) is 31.4 Å². The van der Waals surface area contributed by atoms with E-state index in [0.29, 0.717) is 34.7 Å². The zero-order chi connectivity index (χ0) is 24.6. The van der Waals surface area contributed by atoms with Crippen molar-refractivity contribution in [3.63, 3.8) is 0 Å². The summed E-state index contributed by atoms with van der Waals surface area (Å²) in [6, 6.07) is 17.2. The van der Waals surface area contributed by atoms with Crippen LogP contribution in [0, 0.1) is 5.82 Å². The lowest BCUT2D eigenvalue weighted by Crippen LogP contribution is -2.34. The van der Waals surface area contributed by atoms with Gasteiger partial charge in [-0.25, -0.2) is 9.37 Å².